The Morgan fingerprint density at radius 2 is 1.21 bits per heavy atom. The van der Waals surface area contributed by atoms with Gasteiger partial charge in [-0.1, -0.05) is 27.7 Å². The zero-order valence-corrected chi connectivity index (χ0v) is 10.2. The first-order chi connectivity index (χ1) is 6.52. The minimum atomic E-state index is 0.597. The molecule has 0 N–H and O–H groups in total. The molecule has 3 nitrogen and oxygen atoms in total. The van der Waals surface area contributed by atoms with Crippen molar-refractivity contribution in [2.45, 2.75) is 27.7 Å². The van der Waals surface area contributed by atoms with Crippen LogP contribution in [-0.2, 0) is 9.47 Å². The molecule has 0 aromatic carbocycles. The van der Waals surface area contributed by atoms with Crippen LogP contribution in [0.15, 0.2) is 0 Å². The summed E-state index contributed by atoms with van der Waals surface area (Å²) in [5.74, 6) is 1.19. The Morgan fingerprint density at radius 1 is 0.857 bits per heavy atom. The van der Waals surface area contributed by atoms with Crippen molar-refractivity contribution in [3.05, 3.63) is 0 Å². The highest BCUT2D eigenvalue weighted by molar-refractivity contribution is 4.42. The van der Waals surface area contributed by atoms with E-state index in [2.05, 4.69) is 27.7 Å². The first kappa shape index (κ1) is 13.9. The number of rotatable bonds is 8. The van der Waals surface area contributed by atoms with Gasteiger partial charge in [-0.3, -0.25) is 4.90 Å². The van der Waals surface area contributed by atoms with Gasteiger partial charge in [-0.2, -0.15) is 0 Å². The predicted octanol–water partition coefficient (Wildman–Crippen LogP) is 2.18. The van der Waals surface area contributed by atoms with Crippen LogP contribution in [0, 0.1) is 11.8 Å². The van der Waals surface area contributed by atoms with E-state index in [4.69, 9.17) is 9.47 Å². The van der Waals surface area contributed by atoms with E-state index in [1.807, 2.05) is 11.9 Å². The van der Waals surface area contributed by atoms with Crippen molar-refractivity contribution < 1.29 is 9.47 Å². The Labute approximate surface area is 88.4 Å². The van der Waals surface area contributed by atoms with Gasteiger partial charge in [-0.25, -0.2) is 0 Å². The normalized spacial score (nSPS) is 12.0. The first-order valence-electron chi connectivity index (χ1n) is 5.36. The largest absolute Gasteiger partial charge is 0.366 e. The molecule has 0 radical (unpaired) electrons. The Bertz CT molecular complexity index is 112. The maximum Gasteiger partial charge on any atom is 0.101 e. The van der Waals surface area contributed by atoms with E-state index in [9.17, 15) is 0 Å². The van der Waals surface area contributed by atoms with E-state index in [1.165, 1.54) is 0 Å². The summed E-state index contributed by atoms with van der Waals surface area (Å²) >= 11 is 0. The Kier molecular flexibility index (Phi) is 8.14. The van der Waals surface area contributed by atoms with Gasteiger partial charge in [0.1, 0.15) is 13.5 Å². The van der Waals surface area contributed by atoms with E-state index in [0.717, 1.165) is 13.2 Å². The maximum absolute atomic E-state index is 5.46. The lowest BCUT2D eigenvalue weighted by atomic mass is 10.2. The molecule has 14 heavy (non-hydrogen) atoms. The van der Waals surface area contributed by atoms with Crippen molar-refractivity contribution in [2.24, 2.45) is 11.8 Å². The second-order valence-corrected chi connectivity index (χ2v) is 4.64. The Morgan fingerprint density at radius 3 is 1.50 bits per heavy atom. The summed E-state index contributed by atoms with van der Waals surface area (Å²) in [5, 5.41) is 0. The summed E-state index contributed by atoms with van der Waals surface area (Å²) in [6.07, 6.45) is 0. The second-order valence-electron chi connectivity index (χ2n) is 4.64. The highest BCUT2D eigenvalue weighted by Gasteiger charge is 2.00. The van der Waals surface area contributed by atoms with Gasteiger partial charge < -0.3 is 9.47 Å². The van der Waals surface area contributed by atoms with Gasteiger partial charge in [0.05, 0.1) is 13.2 Å². The van der Waals surface area contributed by atoms with Crippen molar-refractivity contribution >= 4 is 0 Å². The van der Waals surface area contributed by atoms with E-state index in [-0.39, 0.29) is 0 Å². The molecule has 0 saturated carbocycles. The molecule has 0 fully saturated rings. The predicted molar refractivity (Wildman–Crippen MR) is 59.1 cm³/mol. The lowest BCUT2D eigenvalue weighted by Crippen LogP contribution is -2.26. The van der Waals surface area contributed by atoms with Crippen LogP contribution in [0.2, 0.25) is 0 Å². The molecule has 0 aliphatic carbocycles. The molecule has 0 aromatic heterocycles. The highest BCUT2D eigenvalue weighted by Crippen LogP contribution is 1.96. The first-order valence-corrected chi connectivity index (χ1v) is 5.36. The van der Waals surface area contributed by atoms with Crippen LogP contribution in [0.1, 0.15) is 27.7 Å². The third-order valence-corrected chi connectivity index (χ3v) is 1.53. The Balaban J connectivity index is 3.23. The molecule has 0 aliphatic heterocycles. The molecule has 0 saturated heterocycles. The van der Waals surface area contributed by atoms with Gasteiger partial charge in [0.15, 0.2) is 0 Å². The summed E-state index contributed by atoms with van der Waals surface area (Å²) in [4.78, 5) is 2.03. The summed E-state index contributed by atoms with van der Waals surface area (Å²) in [7, 11) is 2.00. The fourth-order valence-corrected chi connectivity index (χ4v) is 0.926. The van der Waals surface area contributed by atoms with Crippen LogP contribution in [0.25, 0.3) is 0 Å². The summed E-state index contributed by atoms with van der Waals surface area (Å²) < 4.78 is 10.9. The highest BCUT2D eigenvalue weighted by atomic mass is 16.5. The van der Waals surface area contributed by atoms with Crippen LogP contribution in [0.5, 0.6) is 0 Å². The van der Waals surface area contributed by atoms with Gasteiger partial charge in [0.2, 0.25) is 0 Å². The zero-order chi connectivity index (χ0) is 11.0. The molecule has 0 aliphatic rings. The van der Waals surface area contributed by atoms with Crippen molar-refractivity contribution in [3.8, 4) is 0 Å². The van der Waals surface area contributed by atoms with Gasteiger partial charge in [-0.05, 0) is 18.9 Å². The Hall–Kier alpha value is -0.120. The molecule has 0 atom stereocenters. The molecular formula is C11H25NO2. The summed E-state index contributed by atoms with van der Waals surface area (Å²) in [5.41, 5.74) is 0. The van der Waals surface area contributed by atoms with Crippen LogP contribution >= 0.6 is 0 Å². The summed E-state index contributed by atoms with van der Waals surface area (Å²) in [6, 6.07) is 0. The molecule has 0 spiro atoms. The lowest BCUT2D eigenvalue weighted by molar-refractivity contribution is -0.0419. The fourth-order valence-electron chi connectivity index (χ4n) is 0.926. The fraction of sp³-hybridized carbons (Fsp3) is 1.00. The van der Waals surface area contributed by atoms with Crippen molar-refractivity contribution in [1.82, 2.24) is 4.90 Å². The van der Waals surface area contributed by atoms with Crippen molar-refractivity contribution in [1.29, 1.82) is 0 Å². The topological polar surface area (TPSA) is 21.7 Å². The molecule has 0 bridgehead atoms. The van der Waals surface area contributed by atoms with Gasteiger partial charge in [0.25, 0.3) is 0 Å². The number of nitrogens with zero attached hydrogens (tertiary/aromatic N) is 1. The van der Waals surface area contributed by atoms with Crippen LogP contribution in [0.4, 0.5) is 0 Å². The molecule has 0 rings (SSSR count). The smallest absolute Gasteiger partial charge is 0.101 e. The SMILES string of the molecule is CC(C)COCN(C)COCC(C)C. The van der Waals surface area contributed by atoms with Crippen molar-refractivity contribution in [2.75, 3.05) is 33.7 Å². The second kappa shape index (κ2) is 8.21. The van der Waals surface area contributed by atoms with E-state index in [1.54, 1.807) is 0 Å². The quantitative estimate of drug-likeness (QED) is 0.564. The minimum Gasteiger partial charge on any atom is -0.366 e. The average molecular weight is 203 g/mol. The van der Waals surface area contributed by atoms with Gasteiger partial charge in [-0.15, -0.1) is 0 Å². The van der Waals surface area contributed by atoms with Gasteiger partial charge >= 0.3 is 0 Å². The molecular weight excluding hydrogens is 178 g/mol. The van der Waals surface area contributed by atoms with Crippen molar-refractivity contribution in [3.63, 3.8) is 0 Å². The lowest BCUT2D eigenvalue weighted by Gasteiger charge is -2.18. The number of hydrogen-bond donors (Lipinski definition) is 0. The third kappa shape index (κ3) is 9.96. The van der Waals surface area contributed by atoms with E-state index in [0.29, 0.717) is 25.3 Å². The molecule has 0 heterocycles. The number of ether oxygens (including phenoxy) is 2. The molecule has 3 heteroatoms. The van der Waals surface area contributed by atoms with Crippen LogP contribution in [-0.4, -0.2) is 38.6 Å². The number of hydrogen-bond acceptors (Lipinski definition) is 3. The average Bonchev–Trinajstić information content (AvgIpc) is 2.02. The van der Waals surface area contributed by atoms with Crippen LogP contribution in [0.3, 0.4) is 0 Å². The molecule has 0 amide bonds. The third-order valence-electron chi connectivity index (χ3n) is 1.53. The molecule has 86 valence electrons. The monoisotopic (exact) mass is 203 g/mol. The molecule has 0 aromatic rings. The van der Waals surface area contributed by atoms with E-state index < -0.39 is 0 Å². The zero-order valence-electron chi connectivity index (χ0n) is 10.2. The standard InChI is InChI=1S/C11H25NO2/c1-10(2)6-13-8-12(5)9-14-7-11(3)4/h10-11H,6-9H2,1-5H3. The minimum absolute atomic E-state index is 0.597. The van der Waals surface area contributed by atoms with Crippen LogP contribution < -0.4 is 0 Å². The maximum atomic E-state index is 5.46. The summed E-state index contributed by atoms with van der Waals surface area (Å²) in [6.45, 7) is 11.5. The van der Waals surface area contributed by atoms with Gasteiger partial charge in [0, 0.05) is 0 Å². The molecule has 0 unspecified atom stereocenters. The van der Waals surface area contributed by atoms with E-state index >= 15 is 0 Å².